The number of aliphatic hydroxyl groups is 1. The minimum Gasteiger partial charge on any atom is -0.388 e. The van der Waals surface area contributed by atoms with Crippen LogP contribution in [0.1, 0.15) is 33.9 Å². The molecule has 0 saturated heterocycles. The number of hydrogen-bond acceptors (Lipinski definition) is 1. The highest BCUT2D eigenvalue weighted by Gasteiger charge is 2.12. The SMILES string of the molecule is Cc1cc(C)cc(CC(O)c2ccc(C)cc2Br)c1. The summed E-state index contributed by atoms with van der Waals surface area (Å²) >= 11 is 3.53. The molecule has 100 valence electrons. The van der Waals surface area contributed by atoms with E-state index in [1.807, 2.05) is 25.1 Å². The van der Waals surface area contributed by atoms with Crippen molar-refractivity contribution in [3.63, 3.8) is 0 Å². The molecular weight excluding hydrogens is 300 g/mol. The van der Waals surface area contributed by atoms with E-state index in [0.29, 0.717) is 6.42 Å². The molecule has 2 rings (SSSR count). The second-order valence-electron chi connectivity index (χ2n) is 5.24. The Morgan fingerprint density at radius 1 is 0.947 bits per heavy atom. The van der Waals surface area contributed by atoms with E-state index in [1.54, 1.807) is 0 Å². The van der Waals surface area contributed by atoms with Crippen LogP contribution in [0.25, 0.3) is 0 Å². The zero-order valence-corrected chi connectivity index (χ0v) is 13.2. The molecule has 0 radical (unpaired) electrons. The molecule has 1 unspecified atom stereocenters. The van der Waals surface area contributed by atoms with Crippen molar-refractivity contribution < 1.29 is 5.11 Å². The monoisotopic (exact) mass is 318 g/mol. The Morgan fingerprint density at radius 3 is 2.16 bits per heavy atom. The lowest BCUT2D eigenvalue weighted by atomic mass is 9.98. The van der Waals surface area contributed by atoms with Crippen LogP contribution in [0.5, 0.6) is 0 Å². The molecule has 0 amide bonds. The van der Waals surface area contributed by atoms with Gasteiger partial charge in [0.1, 0.15) is 0 Å². The predicted molar refractivity (Wildman–Crippen MR) is 83.5 cm³/mol. The normalized spacial score (nSPS) is 12.5. The molecular formula is C17H19BrO. The molecule has 1 atom stereocenters. The van der Waals surface area contributed by atoms with Gasteiger partial charge in [0.25, 0.3) is 0 Å². The number of benzene rings is 2. The molecule has 0 heterocycles. The Labute approximate surface area is 123 Å². The van der Waals surface area contributed by atoms with Crippen LogP contribution in [0.4, 0.5) is 0 Å². The minimum absolute atomic E-state index is 0.476. The molecule has 0 aliphatic rings. The number of halogens is 1. The van der Waals surface area contributed by atoms with Crippen molar-refractivity contribution in [2.45, 2.75) is 33.3 Å². The molecule has 0 aliphatic carbocycles. The van der Waals surface area contributed by atoms with Gasteiger partial charge in [-0.2, -0.15) is 0 Å². The van der Waals surface area contributed by atoms with Gasteiger partial charge in [0, 0.05) is 10.9 Å². The fraction of sp³-hybridized carbons (Fsp3) is 0.294. The van der Waals surface area contributed by atoms with E-state index in [-0.39, 0.29) is 0 Å². The van der Waals surface area contributed by atoms with Crippen molar-refractivity contribution in [1.82, 2.24) is 0 Å². The van der Waals surface area contributed by atoms with Crippen molar-refractivity contribution in [3.05, 3.63) is 68.7 Å². The van der Waals surface area contributed by atoms with Crippen LogP contribution in [-0.4, -0.2) is 5.11 Å². The summed E-state index contributed by atoms with van der Waals surface area (Å²) < 4.78 is 0.976. The first-order chi connectivity index (χ1) is 8.95. The number of rotatable bonds is 3. The molecule has 2 aromatic carbocycles. The quantitative estimate of drug-likeness (QED) is 0.873. The van der Waals surface area contributed by atoms with E-state index in [9.17, 15) is 5.11 Å². The zero-order valence-electron chi connectivity index (χ0n) is 11.6. The molecule has 0 spiro atoms. The van der Waals surface area contributed by atoms with Gasteiger partial charge in [-0.1, -0.05) is 57.4 Å². The standard InChI is InChI=1S/C17H19BrO/c1-11-4-5-15(16(18)9-11)17(19)10-14-7-12(2)6-13(3)8-14/h4-9,17,19H,10H2,1-3H3. The molecule has 1 nitrogen and oxygen atoms in total. The topological polar surface area (TPSA) is 20.2 Å². The van der Waals surface area contributed by atoms with Gasteiger partial charge in [-0.05, 0) is 43.5 Å². The highest BCUT2D eigenvalue weighted by molar-refractivity contribution is 9.10. The van der Waals surface area contributed by atoms with Crippen molar-refractivity contribution >= 4 is 15.9 Å². The molecule has 2 heteroatoms. The lowest BCUT2D eigenvalue weighted by Crippen LogP contribution is -2.03. The summed E-state index contributed by atoms with van der Waals surface area (Å²) in [7, 11) is 0. The first kappa shape index (κ1) is 14.3. The smallest absolute Gasteiger partial charge is 0.0841 e. The molecule has 2 aromatic rings. The van der Waals surface area contributed by atoms with Crippen molar-refractivity contribution in [2.24, 2.45) is 0 Å². The average Bonchev–Trinajstić information content (AvgIpc) is 2.26. The molecule has 0 aromatic heterocycles. The van der Waals surface area contributed by atoms with E-state index in [4.69, 9.17) is 0 Å². The van der Waals surface area contributed by atoms with Crippen molar-refractivity contribution in [1.29, 1.82) is 0 Å². The van der Waals surface area contributed by atoms with Crippen LogP contribution in [0, 0.1) is 20.8 Å². The van der Waals surface area contributed by atoms with E-state index < -0.39 is 6.10 Å². The summed E-state index contributed by atoms with van der Waals surface area (Å²) in [5.74, 6) is 0. The maximum Gasteiger partial charge on any atom is 0.0841 e. The molecule has 0 saturated carbocycles. The van der Waals surface area contributed by atoms with Crippen LogP contribution < -0.4 is 0 Å². The summed E-state index contributed by atoms with van der Waals surface area (Å²) in [4.78, 5) is 0. The first-order valence-corrected chi connectivity index (χ1v) is 7.26. The van der Waals surface area contributed by atoms with Gasteiger partial charge in [0.2, 0.25) is 0 Å². The third-order valence-corrected chi connectivity index (χ3v) is 3.91. The third kappa shape index (κ3) is 3.68. The third-order valence-electron chi connectivity index (χ3n) is 3.23. The van der Waals surface area contributed by atoms with E-state index in [0.717, 1.165) is 10.0 Å². The molecule has 1 N–H and O–H groups in total. The summed E-state index contributed by atoms with van der Waals surface area (Å²) in [6.07, 6.45) is 0.167. The second-order valence-corrected chi connectivity index (χ2v) is 6.10. The molecule has 0 fully saturated rings. The average molecular weight is 319 g/mol. The van der Waals surface area contributed by atoms with Gasteiger partial charge in [-0.3, -0.25) is 0 Å². The van der Waals surface area contributed by atoms with Crippen molar-refractivity contribution in [3.8, 4) is 0 Å². The zero-order chi connectivity index (χ0) is 14.0. The van der Waals surface area contributed by atoms with Crippen LogP contribution >= 0.6 is 15.9 Å². The molecule has 0 aliphatic heterocycles. The van der Waals surface area contributed by atoms with E-state index >= 15 is 0 Å². The van der Waals surface area contributed by atoms with Crippen LogP contribution in [0.2, 0.25) is 0 Å². The molecule has 0 bridgehead atoms. The summed E-state index contributed by atoms with van der Waals surface area (Å²) in [5, 5.41) is 10.4. The van der Waals surface area contributed by atoms with E-state index in [1.165, 1.54) is 22.3 Å². The maximum absolute atomic E-state index is 10.4. The Balaban J connectivity index is 2.22. The van der Waals surface area contributed by atoms with Crippen LogP contribution in [0.3, 0.4) is 0 Å². The van der Waals surface area contributed by atoms with Gasteiger partial charge >= 0.3 is 0 Å². The van der Waals surface area contributed by atoms with Crippen molar-refractivity contribution in [2.75, 3.05) is 0 Å². The second kappa shape index (κ2) is 5.89. The maximum atomic E-state index is 10.4. The fourth-order valence-corrected chi connectivity index (χ4v) is 3.18. The fourth-order valence-electron chi connectivity index (χ4n) is 2.42. The van der Waals surface area contributed by atoms with E-state index in [2.05, 4.69) is 48.0 Å². The minimum atomic E-state index is -0.476. The van der Waals surface area contributed by atoms with Gasteiger partial charge in [-0.15, -0.1) is 0 Å². The number of aryl methyl sites for hydroxylation is 3. The van der Waals surface area contributed by atoms with Gasteiger partial charge < -0.3 is 5.11 Å². The van der Waals surface area contributed by atoms with Crippen LogP contribution in [0.15, 0.2) is 40.9 Å². The Bertz CT molecular complexity index is 570. The molecule has 19 heavy (non-hydrogen) atoms. The Morgan fingerprint density at radius 2 is 1.58 bits per heavy atom. The lowest BCUT2D eigenvalue weighted by molar-refractivity contribution is 0.177. The van der Waals surface area contributed by atoms with Gasteiger partial charge in [0.05, 0.1) is 6.10 Å². The summed E-state index contributed by atoms with van der Waals surface area (Å²) in [6, 6.07) is 12.5. The van der Waals surface area contributed by atoms with Crippen LogP contribution in [-0.2, 0) is 6.42 Å². The largest absolute Gasteiger partial charge is 0.388 e. The number of aliphatic hydroxyl groups excluding tert-OH is 1. The Kier molecular flexibility index (Phi) is 4.43. The summed E-state index contributed by atoms with van der Waals surface area (Å²) in [5.41, 5.74) is 5.80. The lowest BCUT2D eigenvalue weighted by Gasteiger charge is -2.14. The Hall–Kier alpha value is -1.12. The number of hydrogen-bond donors (Lipinski definition) is 1. The summed E-state index contributed by atoms with van der Waals surface area (Å²) in [6.45, 7) is 6.22. The van der Waals surface area contributed by atoms with Gasteiger partial charge in [0.15, 0.2) is 0 Å². The highest BCUT2D eigenvalue weighted by Crippen LogP contribution is 2.27. The van der Waals surface area contributed by atoms with Gasteiger partial charge in [-0.25, -0.2) is 0 Å². The highest BCUT2D eigenvalue weighted by atomic mass is 79.9. The predicted octanol–water partition coefficient (Wildman–Crippen LogP) is 4.65. The first-order valence-electron chi connectivity index (χ1n) is 6.47.